The van der Waals surface area contributed by atoms with E-state index in [-0.39, 0.29) is 0 Å². The molecule has 0 aliphatic rings. The van der Waals surface area contributed by atoms with Crippen LogP contribution in [0.4, 0.5) is 18.9 Å². The van der Waals surface area contributed by atoms with Crippen LogP contribution in [0.1, 0.15) is 12.1 Å². The molecule has 1 aromatic rings. The molecule has 14 heavy (non-hydrogen) atoms. The molecule has 0 atom stereocenters. The fourth-order valence-corrected chi connectivity index (χ4v) is 1.16. The molecule has 0 radical (unpaired) electrons. The molecule has 0 aliphatic heterocycles. The number of nitro groups is 1. The van der Waals surface area contributed by atoms with Crippen LogP contribution in [-0.4, -0.2) is 9.91 Å². The molecule has 0 aromatic carbocycles. The average molecular weight is 271 g/mol. The van der Waals surface area contributed by atoms with Gasteiger partial charge in [-0.25, -0.2) is 13.8 Å². The molecule has 8 heteroatoms. The fourth-order valence-electron chi connectivity index (χ4n) is 0.748. The number of aromatic nitrogens is 1. The van der Waals surface area contributed by atoms with Crippen molar-refractivity contribution in [2.75, 3.05) is 0 Å². The molecule has 0 amide bonds. The zero-order valence-corrected chi connectivity index (χ0v) is 7.96. The molecule has 0 N–H and O–H groups in total. The Morgan fingerprint density at radius 2 is 2.14 bits per heavy atom. The normalized spacial score (nSPS) is 10.6. The van der Waals surface area contributed by atoms with Gasteiger partial charge < -0.3 is 0 Å². The summed E-state index contributed by atoms with van der Waals surface area (Å²) in [6, 6.07) is 0.407. The first-order chi connectivity index (χ1) is 6.43. The molecule has 0 aliphatic carbocycles. The highest BCUT2D eigenvalue weighted by atomic mass is 79.9. The summed E-state index contributed by atoms with van der Waals surface area (Å²) in [7, 11) is 0. The summed E-state index contributed by atoms with van der Waals surface area (Å²) in [4.78, 5) is 12.2. The molecule has 0 spiro atoms. The zero-order valence-electron chi connectivity index (χ0n) is 6.38. The second-order valence-corrected chi connectivity index (χ2v) is 2.98. The SMILES string of the molecule is O=[N+]([O-])c1cc(C(F)F)nc(Br)c1F. The van der Waals surface area contributed by atoms with Gasteiger partial charge in [-0.15, -0.1) is 0 Å². The predicted molar refractivity (Wildman–Crippen MR) is 43.5 cm³/mol. The smallest absolute Gasteiger partial charge is 0.258 e. The molecule has 4 nitrogen and oxygen atoms in total. The minimum atomic E-state index is -2.98. The summed E-state index contributed by atoms with van der Waals surface area (Å²) in [6.07, 6.45) is -2.98. The zero-order chi connectivity index (χ0) is 10.9. The first kappa shape index (κ1) is 10.9. The van der Waals surface area contributed by atoms with E-state index in [9.17, 15) is 23.3 Å². The van der Waals surface area contributed by atoms with Gasteiger partial charge >= 0.3 is 5.69 Å². The summed E-state index contributed by atoms with van der Waals surface area (Å²) < 4.78 is 36.5. The van der Waals surface area contributed by atoms with Crippen LogP contribution in [0.15, 0.2) is 10.7 Å². The molecule has 0 fully saturated rings. The molecule has 0 saturated carbocycles. The van der Waals surface area contributed by atoms with Crippen LogP contribution >= 0.6 is 15.9 Å². The highest BCUT2D eigenvalue weighted by Crippen LogP contribution is 2.28. The highest BCUT2D eigenvalue weighted by Gasteiger charge is 2.23. The van der Waals surface area contributed by atoms with E-state index in [1.54, 1.807) is 0 Å². The molecule has 1 rings (SSSR count). The van der Waals surface area contributed by atoms with Crippen molar-refractivity contribution in [2.24, 2.45) is 0 Å². The monoisotopic (exact) mass is 270 g/mol. The number of pyridine rings is 1. The van der Waals surface area contributed by atoms with Crippen LogP contribution in [0, 0.1) is 15.9 Å². The van der Waals surface area contributed by atoms with E-state index in [1.807, 2.05) is 0 Å². The fraction of sp³-hybridized carbons (Fsp3) is 0.167. The van der Waals surface area contributed by atoms with Crippen molar-refractivity contribution in [1.29, 1.82) is 0 Å². The molecule has 76 valence electrons. The van der Waals surface area contributed by atoms with Crippen LogP contribution in [0.25, 0.3) is 0 Å². The Morgan fingerprint density at radius 1 is 1.57 bits per heavy atom. The van der Waals surface area contributed by atoms with E-state index in [0.29, 0.717) is 6.07 Å². The summed E-state index contributed by atoms with van der Waals surface area (Å²) >= 11 is 2.51. The Morgan fingerprint density at radius 3 is 2.57 bits per heavy atom. The van der Waals surface area contributed by atoms with Gasteiger partial charge in [-0.3, -0.25) is 10.1 Å². The predicted octanol–water partition coefficient (Wildman–Crippen LogP) is 2.83. The van der Waals surface area contributed by atoms with Gasteiger partial charge in [0.15, 0.2) is 0 Å². The third kappa shape index (κ3) is 2.00. The molecule has 0 bridgehead atoms. The van der Waals surface area contributed by atoms with E-state index in [2.05, 4.69) is 20.9 Å². The maximum Gasteiger partial charge on any atom is 0.309 e. The first-order valence-corrected chi connectivity index (χ1v) is 4.01. The number of nitrogens with zero attached hydrogens (tertiary/aromatic N) is 2. The standard InChI is InChI=1S/C6H2BrF3N2O2/c7-5-4(8)3(12(13)14)1-2(11-5)6(9)10/h1,6H. The first-order valence-electron chi connectivity index (χ1n) is 3.22. The van der Waals surface area contributed by atoms with Crippen LogP contribution in [0.2, 0.25) is 0 Å². The number of hydrogen-bond donors (Lipinski definition) is 0. The third-order valence-corrected chi connectivity index (χ3v) is 1.86. The second kappa shape index (κ2) is 3.91. The van der Waals surface area contributed by atoms with E-state index in [1.165, 1.54) is 0 Å². The maximum absolute atomic E-state index is 12.9. The Labute approximate surface area is 84.0 Å². The van der Waals surface area contributed by atoms with E-state index < -0.39 is 33.2 Å². The van der Waals surface area contributed by atoms with Crippen LogP contribution in [0.5, 0.6) is 0 Å². The minimum Gasteiger partial charge on any atom is -0.258 e. The summed E-state index contributed by atoms with van der Waals surface area (Å²) in [5.74, 6) is -1.26. The summed E-state index contributed by atoms with van der Waals surface area (Å²) in [6.45, 7) is 0. The quantitative estimate of drug-likeness (QED) is 0.472. The highest BCUT2D eigenvalue weighted by molar-refractivity contribution is 9.10. The number of halogens is 4. The van der Waals surface area contributed by atoms with Gasteiger partial charge in [0, 0.05) is 6.07 Å². The average Bonchev–Trinajstić information content (AvgIpc) is 2.08. The van der Waals surface area contributed by atoms with E-state index >= 15 is 0 Å². The molecule has 0 saturated heterocycles. The summed E-state index contributed by atoms with van der Waals surface area (Å²) in [5, 5.41) is 10.2. The second-order valence-electron chi connectivity index (χ2n) is 2.23. The third-order valence-electron chi connectivity index (χ3n) is 1.34. The van der Waals surface area contributed by atoms with Gasteiger partial charge in [0.05, 0.1) is 4.92 Å². The van der Waals surface area contributed by atoms with Crippen molar-refractivity contribution in [2.45, 2.75) is 6.43 Å². The maximum atomic E-state index is 12.9. The lowest BCUT2D eigenvalue weighted by Gasteiger charge is -2.01. The minimum absolute atomic E-state index is 0.407. The van der Waals surface area contributed by atoms with Crippen molar-refractivity contribution in [1.82, 2.24) is 4.98 Å². The van der Waals surface area contributed by atoms with Gasteiger partial charge in [-0.2, -0.15) is 4.39 Å². The Kier molecular flexibility index (Phi) is 3.04. The van der Waals surface area contributed by atoms with Crippen molar-refractivity contribution in [3.8, 4) is 0 Å². The molecule has 0 unspecified atom stereocenters. The molecular weight excluding hydrogens is 269 g/mol. The lowest BCUT2D eigenvalue weighted by atomic mass is 10.3. The molecule has 1 aromatic heterocycles. The lowest BCUT2D eigenvalue weighted by molar-refractivity contribution is -0.387. The Hall–Kier alpha value is -1.18. The van der Waals surface area contributed by atoms with Crippen LogP contribution in [0.3, 0.4) is 0 Å². The van der Waals surface area contributed by atoms with Crippen molar-refractivity contribution >= 4 is 21.6 Å². The van der Waals surface area contributed by atoms with E-state index in [4.69, 9.17) is 0 Å². The van der Waals surface area contributed by atoms with Crippen molar-refractivity contribution in [3.05, 3.63) is 32.3 Å². The molecule has 1 heterocycles. The van der Waals surface area contributed by atoms with Crippen molar-refractivity contribution < 1.29 is 18.1 Å². The van der Waals surface area contributed by atoms with Gasteiger partial charge in [-0.05, 0) is 15.9 Å². The Bertz CT molecular complexity index is 386. The largest absolute Gasteiger partial charge is 0.309 e. The number of rotatable bonds is 2. The van der Waals surface area contributed by atoms with Gasteiger partial charge in [0.2, 0.25) is 5.82 Å². The summed E-state index contributed by atoms with van der Waals surface area (Å²) in [5.41, 5.74) is -1.87. The van der Waals surface area contributed by atoms with Crippen LogP contribution < -0.4 is 0 Å². The van der Waals surface area contributed by atoms with Gasteiger partial charge in [0.1, 0.15) is 10.3 Å². The molecular formula is C6H2BrF3N2O2. The van der Waals surface area contributed by atoms with Crippen molar-refractivity contribution in [3.63, 3.8) is 0 Å². The lowest BCUT2D eigenvalue weighted by Crippen LogP contribution is -1.99. The Balaban J connectivity index is 3.35. The van der Waals surface area contributed by atoms with Gasteiger partial charge in [0.25, 0.3) is 6.43 Å². The topological polar surface area (TPSA) is 56.0 Å². The van der Waals surface area contributed by atoms with E-state index in [0.717, 1.165) is 0 Å². The van der Waals surface area contributed by atoms with Crippen LogP contribution in [-0.2, 0) is 0 Å². The number of hydrogen-bond acceptors (Lipinski definition) is 3. The number of alkyl halides is 2. The van der Waals surface area contributed by atoms with Gasteiger partial charge in [-0.1, -0.05) is 0 Å².